The Bertz CT molecular complexity index is 240. The summed E-state index contributed by atoms with van der Waals surface area (Å²) in [6.45, 7) is -0.739. The van der Waals surface area contributed by atoms with Crippen LogP contribution in [0.2, 0.25) is 0 Å². The monoisotopic (exact) mass is 252 g/mol. The zero-order valence-corrected chi connectivity index (χ0v) is 14.1. The summed E-state index contributed by atoms with van der Waals surface area (Å²) < 4.78 is 4.19. The number of hydrogen-bond donors (Lipinski definition) is 2. The van der Waals surface area contributed by atoms with Gasteiger partial charge >= 0.3 is 109 Å². The fourth-order valence-electron chi connectivity index (χ4n) is 0.801. The third kappa shape index (κ3) is 4.11. The minimum atomic E-state index is -1.53. The quantitative estimate of drug-likeness (QED) is 0.373. The molecule has 1 aliphatic rings. The molecular formula is C6H6K2O6. The molecule has 0 aromatic rings. The van der Waals surface area contributed by atoms with Crippen molar-refractivity contribution in [3.8, 4) is 0 Å². The summed E-state index contributed by atoms with van der Waals surface area (Å²) in [5, 5.41) is 38.5. The van der Waals surface area contributed by atoms with Crippen molar-refractivity contribution in [1.82, 2.24) is 0 Å². The van der Waals surface area contributed by atoms with Crippen LogP contribution in [-0.4, -0.2) is 35.0 Å². The van der Waals surface area contributed by atoms with E-state index in [0.29, 0.717) is 0 Å². The van der Waals surface area contributed by atoms with Crippen molar-refractivity contribution in [2.75, 3.05) is 6.61 Å². The topological polar surface area (TPSA) is 113 Å². The summed E-state index contributed by atoms with van der Waals surface area (Å²) in [6.07, 6.45) is -3.05. The van der Waals surface area contributed by atoms with Crippen molar-refractivity contribution < 1.29 is 133 Å². The molecule has 0 saturated carbocycles. The van der Waals surface area contributed by atoms with Gasteiger partial charge in [0.1, 0.15) is 12.2 Å². The molecule has 0 unspecified atom stereocenters. The van der Waals surface area contributed by atoms with Gasteiger partial charge in [0.15, 0.2) is 0 Å². The summed E-state index contributed by atoms with van der Waals surface area (Å²) in [7, 11) is 0. The van der Waals surface area contributed by atoms with Gasteiger partial charge in [-0.2, -0.15) is 0 Å². The number of carbonyl (C=O) groups excluding carboxylic acids is 1. The minimum absolute atomic E-state index is 0. The number of hydrogen-bond acceptors (Lipinski definition) is 6. The summed E-state index contributed by atoms with van der Waals surface area (Å²) in [5.41, 5.74) is 0. The first-order chi connectivity index (χ1) is 5.57. The predicted molar refractivity (Wildman–Crippen MR) is 30.0 cm³/mol. The molecule has 8 heteroatoms. The molecule has 0 aromatic carbocycles. The van der Waals surface area contributed by atoms with Gasteiger partial charge in [0.2, 0.25) is 0 Å². The van der Waals surface area contributed by atoms with E-state index in [2.05, 4.69) is 4.74 Å². The third-order valence-electron chi connectivity index (χ3n) is 1.44. The summed E-state index contributed by atoms with van der Waals surface area (Å²) in [6, 6.07) is 0. The maximum Gasteiger partial charge on any atom is 1.00 e. The molecule has 0 saturated heterocycles. The Morgan fingerprint density at radius 2 is 1.93 bits per heavy atom. The summed E-state index contributed by atoms with van der Waals surface area (Å²) in [4.78, 5) is 10.4. The molecule has 0 bridgehead atoms. The van der Waals surface area contributed by atoms with Crippen LogP contribution in [0.15, 0.2) is 11.5 Å². The SMILES string of the molecule is O=C1O[C@H]([C@@H](O)CO)C([O-])=C1[O-].[K+].[K+]. The second kappa shape index (κ2) is 8.15. The number of carbonyl (C=O) groups is 1. The second-order valence-electron chi connectivity index (χ2n) is 2.27. The van der Waals surface area contributed by atoms with Crippen LogP contribution in [0.3, 0.4) is 0 Å². The van der Waals surface area contributed by atoms with Crippen molar-refractivity contribution in [2.24, 2.45) is 0 Å². The molecule has 2 N–H and O–H groups in total. The van der Waals surface area contributed by atoms with E-state index in [1.54, 1.807) is 0 Å². The number of esters is 1. The molecule has 2 atom stereocenters. The normalized spacial score (nSPS) is 22.1. The van der Waals surface area contributed by atoms with Crippen molar-refractivity contribution in [1.29, 1.82) is 0 Å². The molecule has 1 heterocycles. The van der Waals surface area contributed by atoms with Gasteiger partial charge in [-0.3, -0.25) is 0 Å². The van der Waals surface area contributed by atoms with Crippen LogP contribution in [0.1, 0.15) is 0 Å². The standard InChI is InChI=1S/C6H8O6.2K/c7-1-2(8)5-3(9)4(10)6(11)12-5;;/h2,5,7-10H,1H2;;/q;2*+1/p-2/t2-,5+;;/m0../s1. The van der Waals surface area contributed by atoms with Crippen molar-refractivity contribution >= 4 is 5.97 Å². The van der Waals surface area contributed by atoms with E-state index in [1.807, 2.05) is 0 Å². The fraction of sp³-hybridized carbons (Fsp3) is 0.500. The fourth-order valence-corrected chi connectivity index (χ4v) is 0.801. The van der Waals surface area contributed by atoms with Crippen molar-refractivity contribution in [2.45, 2.75) is 12.2 Å². The number of rotatable bonds is 2. The number of aliphatic hydroxyl groups excluding tert-OH is 2. The van der Waals surface area contributed by atoms with E-state index in [1.165, 1.54) is 0 Å². The zero-order chi connectivity index (χ0) is 9.30. The average Bonchev–Trinajstić information content (AvgIpc) is 2.32. The van der Waals surface area contributed by atoms with Gasteiger partial charge in [0, 0.05) is 0 Å². The molecule has 0 spiro atoms. The Morgan fingerprint density at radius 3 is 2.21 bits per heavy atom. The molecule has 6 nitrogen and oxygen atoms in total. The molecule has 14 heavy (non-hydrogen) atoms. The summed E-state index contributed by atoms with van der Waals surface area (Å²) in [5.74, 6) is -3.67. The molecule has 68 valence electrons. The van der Waals surface area contributed by atoms with Crippen LogP contribution in [0.5, 0.6) is 0 Å². The van der Waals surface area contributed by atoms with Crippen LogP contribution >= 0.6 is 0 Å². The smallest absolute Gasteiger partial charge is 0.873 e. The van der Waals surface area contributed by atoms with E-state index < -0.39 is 36.3 Å². The minimum Gasteiger partial charge on any atom is -0.873 e. The second-order valence-corrected chi connectivity index (χ2v) is 2.27. The zero-order valence-electron chi connectivity index (χ0n) is 7.89. The average molecular weight is 252 g/mol. The van der Waals surface area contributed by atoms with E-state index in [9.17, 15) is 15.0 Å². The Morgan fingerprint density at radius 1 is 1.43 bits per heavy atom. The van der Waals surface area contributed by atoms with Gasteiger partial charge in [0.25, 0.3) is 0 Å². The van der Waals surface area contributed by atoms with Gasteiger partial charge in [-0.15, -0.1) is 0 Å². The van der Waals surface area contributed by atoms with E-state index in [-0.39, 0.29) is 103 Å². The van der Waals surface area contributed by atoms with Gasteiger partial charge in [-0.25, -0.2) is 4.79 Å². The molecule has 0 aromatic heterocycles. The van der Waals surface area contributed by atoms with E-state index in [4.69, 9.17) is 10.2 Å². The van der Waals surface area contributed by atoms with E-state index in [0.717, 1.165) is 0 Å². The molecule has 1 rings (SSSR count). The first-order valence-corrected chi connectivity index (χ1v) is 3.16. The van der Waals surface area contributed by atoms with Crippen LogP contribution in [0, 0.1) is 0 Å². The van der Waals surface area contributed by atoms with Crippen LogP contribution in [0.25, 0.3) is 0 Å². The van der Waals surface area contributed by atoms with Crippen LogP contribution < -0.4 is 113 Å². The third-order valence-corrected chi connectivity index (χ3v) is 1.44. The molecule has 0 fully saturated rings. The number of ether oxygens (including phenoxy) is 1. The summed E-state index contributed by atoms with van der Waals surface area (Å²) >= 11 is 0. The maximum absolute atomic E-state index is 10.7. The maximum atomic E-state index is 10.7. The largest absolute Gasteiger partial charge is 1.00 e. The Labute approximate surface area is 165 Å². The van der Waals surface area contributed by atoms with E-state index >= 15 is 0 Å². The molecular weight excluding hydrogens is 246 g/mol. The molecule has 0 aliphatic carbocycles. The molecule has 0 amide bonds. The number of aliphatic hydroxyl groups is 2. The predicted octanol–water partition coefficient (Wildman–Crippen LogP) is -9.79. The molecule has 1 aliphatic heterocycles. The van der Waals surface area contributed by atoms with Gasteiger partial charge < -0.3 is 25.2 Å². The van der Waals surface area contributed by atoms with Gasteiger partial charge in [0.05, 0.1) is 6.61 Å². The van der Waals surface area contributed by atoms with Crippen molar-refractivity contribution in [3.05, 3.63) is 11.5 Å². The van der Waals surface area contributed by atoms with Gasteiger partial charge in [-0.05, 0) is 5.76 Å². The Kier molecular flexibility index (Phi) is 10.7. The number of cyclic esters (lactones) is 1. The Balaban J connectivity index is 0. The first-order valence-electron chi connectivity index (χ1n) is 3.16. The first kappa shape index (κ1) is 18.4. The molecule has 0 radical (unpaired) electrons. The van der Waals surface area contributed by atoms with Crippen molar-refractivity contribution in [3.63, 3.8) is 0 Å². The Hall–Kier alpha value is 2.00. The van der Waals surface area contributed by atoms with Gasteiger partial charge in [-0.1, -0.05) is 5.76 Å². The van der Waals surface area contributed by atoms with Crippen LogP contribution in [-0.2, 0) is 9.53 Å². The van der Waals surface area contributed by atoms with Crippen LogP contribution in [0.4, 0.5) is 0 Å².